The van der Waals surface area contributed by atoms with Gasteiger partial charge in [0.15, 0.2) is 0 Å². The van der Waals surface area contributed by atoms with E-state index in [0.717, 1.165) is 12.8 Å². The third kappa shape index (κ3) is 2.67. The average Bonchev–Trinajstić information content (AvgIpc) is 2.98. The van der Waals surface area contributed by atoms with Crippen LogP contribution in [0.1, 0.15) is 19.8 Å². The Hall–Kier alpha value is -0.660. The van der Waals surface area contributed by atoms with Crippen molar-refractivity contribution >= 4 is 16.2 Å². The average molecular weight is 276 g/mol. The van der Waals surface area contributed by atoms with Crippen LogP contribution >= 0.6 is 0 Å². The maximum absolute atomic E-state index is 12.3. The third-order valence-electron chi connectivity index (χ3n) is 3.83. The fourth-order valence-corrected chi connectivity index (χ4v) is 3.95. The normalized spacial score (nSPS) is 29.9. The van der Waals surface area contributed by atoms with E-state index in [0.29, 0.717) is 19.0 Å². The molecule has 2 atom stereocenters. The lowest BCUT2D eigenvalue weighted by Crippen LogP contribution is -2.41. The molecule has 1 aliphatic heterocycles. The van der Waals surface area contributed by atoms with E-state index in [4.69, 9.17) is 5.11 Å². The molecule has 2 rings (SSSR count). The van der Waals surface area contributed by atoms with Crippen molar-refractivity contribution in [2.24, 2.45) is 17.8 Å². The number of hydrogen-bond acceptors (Lipinski definition) is 3. The minimum Gasteiger partial charge on any atom is -0.481 e. The largest absolute Gasteiger partial charge is 0.481 e. The summed E-state index contributed by atoms with van der Waals surface area (Å²) in [6, 6.07) is 0. The molecular formula is C11H20N2O4S. The smallest absolute Gasteiger partial charge is 0.308 e. The highest BCUT2D eigenvalue weighted by Gasteiger charge is 2.42. The van der Waals surface area contributed by atoms with Gasteiger partial charge in [0, 0.05) is 26.7 Å². The Morgan fingerprint density at radius 1 is 1.39 bits per heavy atom. The first-order valence-electron chi connectivity index (χ1n) is 6.26. The lowest BCUT2D eigenvalue weighted by molar-refractivity contribution is -0.142. The molecule has 0 bridgehead atoms. The zero-order valence-electron chi connectivity index (χ0n) is 10.7. The van der Waals surface area contributed by atoms with Crippen molar-refractivity contribution in [2.75, 3.05) is 26.7 Å². The summed E-state index contributed by atoms with van der Waals surface area (Å²) in [5.74, 6) is -1.15. The van der Waals surface area contributed by atoms with Crippen molar-refractivity contribution in [2.45, 2.75) is 19.8 Å². The van der Waals surface area contributed by atoms with Gasteiger partial charge >= 0.3 is 5.97 Å². The van der Waals surface area contributed by atoms with Crippen LogP contribution in [0.25, 0.3) is 0 Å². The van der Waals surface area contributed by atoms with Crippen molar-refractivity contribution in [3.8, 4) is 0 Å². The Labute approximate surface area is 108 Å². The maximum atomic E-state index is 12.3. The molecule has 0 aromatic carbocycles. The highest BCUT2D eigenvalue weighted by atomic mass is 32.2. The second-order valence-electron chi connectivity index (χ2n) is 5.47. The van der Waals surface area contributed by atoms with Crippen molar-refractivity contribution in [1.29, 1.82) is 0 Å². The number of aliphatic carboxylic acids is 1. The third-order valence-corrected chi connectivity index (χ3v) is 5.72. The van der Waals surface area contributed by atoms with Gasteiger partial charge < -0.3 is 5.11 Å². The summed E-state index contributed by atoms with van der Waals surface area (Å²) in [4.78, 5) is 11.0. The molecule has 0 unspecified atom stereocenters. The van der Waals surface area contributed by atoms with Gasteiger partial charge in [-0.25, -0.2) is 0 Å². The molecule has 7 heteroatoms. The first kappa shape index (κ1) is 13.8. The number of carbonyl (C=O) groups is 1. The first-order valence-corrected chi connectivity index (χ1v) is 7.66. The molecule has 0 aromatic heterocycles. The van der Waals surface area contributed by atoms with Crippen molar-refractivity contribution in [3.63, 3.8) is 0 Å². The zero-order chi connectivity index (χ0) is 13.5. The molecule has 0 aromatic rings. The number of nitrogens with zero attached hydrogens (tertiary/aromatic N) is 2. The van der Waals surface area contributed by atoms with Gasteiger partial charge in [-0.2, -0.15) is 17.0 Å². The van der Waals surface area contributed by atoms with Gasteiger partial charge in [-0.15, -0.1) is 0 Å². The van der Waals surface area contributed by atoms with Crippen LogP contribution in [0.15, 0.2) is 0 Å². The van der Waals surface area contributed by atoms with Gasteiger partial charge in [0.25, 0.3) is 10.2 Å². The highest BCUT2D eigenvalue weighted by molar-refractivity contribution is 7.86. The van der Waals surface area contributed by atoms with Gasteiger partial charge in [0.2, 0.25) is 0 Å². The van der Waals surface area contributed by atoms with Crippen molar-refractivity contribution < 1.29 is 18.3 Å². The molecule has 1 N–H and O–H groups in total. The van der Waals surface area contributed by atoms with E-state index in [2.05, 4.69) is 0 Å². The highest BCUT2D eigenvalue weighted by Crippen LogP contribution is 2.32. The predicted molar refractivity (Wildman–Crippen MR) is 66.1 cm³/mol. The van der Waals surface area contributed by atoms with Crippen molar-refractivity contribution in [1.82, 2.24) is 8.61 Å². The summed E-state index contributed by atoms with van der Waals surface area (Å²) in [6.45, 7) is 2.72. The van der Waals surface area contributed by atoms with Crippen LogP contribution in [-0.4, -0.2) is 54.8 Å². The van der Waals surface area contributed by atoms with Crippen LogP contribution < -0.4 is 0 Å². The van der Waals surface area contributed by atoms with Crippen LogP contribution in [0, 0.1) is 17.8 Å². The fourth-order valence-electron chi connectivity index (χ4n) is 2.39. The summed E-state index contributed by atoms with van der Waals surface area (Å²) in [5.41, 5.74) is 0. The number of hydrogen-bond donors (Lipinski definition) is 1. The second-order valence-corrected chi connectivity index (χ2v) is 7.51. The van der Waals surface area contributed by atoms with E-state index >= 15 is 0 Å². The zero-order valence-corrected chi connectivity index (χ0v) is 11.6. The topological polar surface area (TPSA) is 77.9 Å². The molecule has 18 heavy (non-hydrogen) atoms. The Morgan fingerprint density at radius 3 is 2.44 bits per heavy atom. The molecule has 1 aliphatic carbocycles. The van der Waals surface area contributed by atoms with Gasteiger partial charge in [-0.1, -0.05) is 6.92 Å². The van der Waals surface area contributed by atoms with E-state index in [1.165, 1.54) is 8.61 Å². The Morgan fingerprint density at radius 2 is 2.00 bits per heavy atom. The van der Waals surface area contributed by atoms with Gasteiger partial charge in [-0.05, 0) is 24.7 Å². The quantitative estimate of drug-likeness (QED) is 0.779. The Bertz CT molecular complexity index is 432. The van der Waals surface area contributed by atoms with E-state index in [1.807, 2.05) is 0 Å². The summed E-state index contributed by atoms with van der Waals surface area (Å²) in [6.07, 6.45) is 2.18. The Kier molecular flexibility index (Phi) is 3.66. The van der Waals surface area contributed by atoms with Crippen LogP contribution in [0.4, 0.5) is 0 Å². The van der Waals surface area contributed by atoms with Crippen molar-refractivity contribution in [3.05, 3.63) is 0 Å². The van der Waals surface area contributed by atoms with Crippen LogP contribution in [0.5, 0.6) is 0 Å². The number of carboxylic acids is 1. The maximum Gasteiger partial charge on any atom is 0.308 e. The van der Waals surface area contributed by atoms with Gasteiger partial charge in [-0.3, -0.25) is 4.79 Å². The fraction of sp³-hybridized carbons (Fsp3) is 0.909. The van der Waals surface area contributed by atoms with Gasteiger partial charge in [0.1, 0.15) is 0 Å². The number of carboxylic acid groups (broad SMARTS) is 1. The monoisotopic (exact) mass is 276 g/mol. The summed E-state index contributed by atoms with van der Waals surface area (Å²) in [5, 5.41) is 9.03. The molecule has 2 fully saturated rings. The second kappa shape index (κ2) is 4.79. The SMILES string of the molecule is C[C@@H]1CN(S(=O)(=O)N(C)CC2CC2)C[C@H]1C(=O)O. The summed E-state index contributed by atoms with van der Waals surface area (Å²) < 4.78 is 27.2. The predicted octanol–water partition coefficient (Wildman–Crippen LogP) is 0.226. The molecule has 0 amide bonds. The molecular weight excluding hydrogens is 256 g/mol. The molecule has 1 saturated heterocycles. The lowest BCUT2D eigenvalue weighted by atomic mass is 9.99. The molecule has 0 spiro atoms. The molecule has 6 nitrogen and oxygen atoms in total. The van der Waals surface area contributed by atoms with E-state index in [-0.39, 0.29) is 12.5 Å². The molecule has 104 valence electrons. The van der Waals surface area contributed by atoms with Crippen LogP contribution in [0.3, 0.4) is 0 Å². The van der Waals surface area contributed by atoms with Gasteiger partial charge in [0.05, 0.1) is 5.92 Å². The standard InChI is InChI=1S/C11H20N2O4S/c1-8-5-13(7-10(8)11(14)15)18(16,17)12(2)6-9-3-4-9/h8-10H,3-7H2,1-2H3,(H,14,15)/t8-,10-/m1/s1. The first-order chi connectivity index (χ1) is 8.32. The van der Waals surface area contributed by atoms with Crippen LogP contribution in [0.2, 0.25) is 0 Å². The number of rotatable bonds is 5. The summed E-state index contributed by atoms with van der Waals surface area (Å²) >= 11 is 0. The van der Waals surface area contributed by atoms with E-state index < -0.39 is 22.1 Å². The minimum absolute atomic E-state index is 0.0911. The lowest BCUT2D eigenvalue weighted by Gasteiger charge is -2.23. The minimum atomic E-state index is -3.49. The molecule has 2 aliphatic rings. The van der Waals surface area contributed by atoms with E-state index in [9.17, 15) is 13.2 Å². The Balaban J connectivity index is 2.04. The molecule has 0 radical (unpaired) electrons. The van der Waals surface area contributed by atoms with Crippen LogP contribution in [-0.2, 0) is 15.0 Å². The molecule has 1 saturated carbocycles. The van der Waals surface area contributed by atoms with E-state index in [1.54, 1.807) is 14.0 Å². The summed E-state index contributed by atoms with van der Waals surface area (Å²) in [7, 11) is -1.91. The molecule has 1 heterocycles.